The van der Waals surface area contributed by atoms with Gasteiger partial charge in [-0.05, 0) is 30.7 Å². The molecule has 1 aromatic rings. The fourth-order valence-corrected chi connectivity index (χ4v) is 3.22. The summed E-state index contributed by atoms with van der Waals surface area (Å²) in [5.74, 6) is 1.88. The quantitative estimate of drug-likeness (QED) is 0.301. The van der Waals surface area contributed by atoms with Crippen LogP contribution in [-0.2, 0) is 13.5 Å². The molecule has 1 heterocycles. The number of aromatic nitrogens is 2. The van der Waals surface area contributed by atoms with Crippen LogP contribution in [0.5, 0.6) is 0 Å². The van der Waals surface area contributed by atoms with Crippen molar-refractivity contribution in [2.45, 2.75) is 51.4 Å². The molecule has 2 rings (SSSR count). The van der Waals surface area contributed by atoms with Gasteiger partial charge in [0.15, 0.2) is 5.96 Å². The summed E-state index contributed by atoms with van der Waals surface area (Å²) in [4.78, 5) is 4.28. The molecule has 0 unspecified atom stereocenters. The highest BCUT2D eigenvalue weighted by Gasteiger charge is 2.12. The first-order valence-corrected chi connectivity index (χ1v) is 8.70. The Morgan fingerprint density at radius 2 is 2.00 bits per heavy atom. The third kappa shape index (κ3) is 8.04. The molecule has 2 N–H and O–H groups in total. The van der Waals surface area contributed by atoms with Gasteiger partial charge < -0.3 is 10.6 Å². The molecule has 1 aliphatic carbocycles. The SMILES string of the molecule is CN=C(NCCCC1CCCCC1)NCCc1cnn(C)c1.I. The minimum atomic E-state index is 0. The lowest BCUT2D eigenvalue weighted by molar-refractivity contribution is 0.332. The first kappa shape index (κ1) is 20.3. The molecular formula is C17H32IN5. The number of guanidine groups is 1. The van der Waals surface area contributed by atoms with Crippen molar-refractivity contribution in [2.24, 2.45) is 18.0 Å². The number of aliphatic imine (C=N–C) groups is 1. The number of nitrogens with zero attached hydrogens (tertiary/aromatic N) is 3. The van der Waals surface area contributed by atoms with Crippen LogP contribution in [0.1, 0.15) is 50.5 Å². The summed E-state index contributed by atoms with van der Waals surface area (Å²) >= 11 is 0. The molecule has 6 heteroatoms. The maximum absolute atomic E-state index is 4.28. The zero-order chi connectivity index (χ0) is 15.6. The Morgan fingerprint density at radius 1 is 1.26 bits per heavy atom. The summed E-state index contributed by atoms with van der Waals surface area (Å²) in [6, 6.07) is 0. The Labute approximate surface area is 157 Å². The maximum atomic E-state index is 4.28. The number of aryl methyl sites for hydroxylation is 1. The summed E-state index contributed by atoms with van der Waals surface area (Å²) in [5, 5.41) is 11.0. The van der Waals surface area contributed by atoms with Crippen LogP contribution in [0.25, 0.3) is 0 Å². The molecule has 1 aromatic heterocycles. The van der Waals surface area contributed by atoms with Gasteiger partial charge in [-0.3, -0.25) is 9.67 Å². The van der Waals surface area contributed by atoms with E-state index in [0.29, 0.717) is 0 Å². The van der Waals surface area contributed by atoms with Crippen LogP contribution in [0.15, 0.2) is 17.4 Å². The molecule has 1 saturated carbocycles. The molecule has 5 nitrogen and oxygen atoms in total. The molecule has 23 heavy (non-hydrogen) atoms. The second-order valence-electron chi connectivity index (χ2n) is 6.34. The third-order valence-corrected chi connectivity index (χ3v) is 4.49. The van der Waals surface area contributed by atoms with Crippen molar-refractivity contribution in [3.63, 3.8) is 0 Å². The highest BCUT2D eigenvalue weighted by atomic mass is 127. The molecule has 0 amide bonds. The first-order chi connectivity index (χ1) is 10.8. The lowest BCUT2D eigenvalue weighted by Crippen LogP contribution is -2.38. The Hall–Kier alpha value is -0.790. The van der Waals surface area contributed by atoms with Gasteiger partial charge in [-0.2, -0.15) is 5.10 Å². The van der Waals surface area contributed by atoms with Crippen molar-refractivity contribution >= 4 is 29.9 Å². The van der Waals surface area contributed by atoms with Gasteiger partial charge in [0.05, 0.1) is 6.20 Å². The van der Waals surface area contributed by atoms with Crippen LogP contribution in [0.4, 0.5) is 0 Å². The van der Waals surface area contributed by atoms with E-state index in [-0.39, 0.29) is 24.0 Å². The predicted molar refractivity (Wildman–Crippen MR) is 108 cm³/mol. The van der Waals surface area contributed by atoms with Crippen LogP contribution in [0.2, 0.25) is 0 Å². The highest BCUT2D eigenvalue weighted by Crippen LogP contribution is 2.26. The number of nitrogens with one attached hydrogen (secondary N) is 2. The minimum absolute atomic E-state index is 0. The highest BCUT2D eigenvalue weighted by molar-refractivity contribution is 14.0. The number of hydrogen-bond donors (Lipinski definition) is 2. The summed E-state index contributed by atoms with van der Waals surface area (Å²) in [6.07, 6.45) is 14.8. The molecule has 0 aliphatic heterocycles. The molecule has 0 saturated heterocycles. The van der Waals surface area contributed by atoms with Gasteiger partial charge in [0, 0.05) is 33.4 Å². The topological polar surface area (TPSA) is 54.2 Å². The minimum Gasteiger partial charge on any atom is -0.356 e. The smallest absolute Gasteiger partial charge is 0.190 e. The molecule has 1 aliphatic rings. The predicted octanol–water partition coefficient (Wildman–Crippen LogP) is 3.11. The fourth-order valence-electron chi connectivity index (χ4n) is 3.22. The van der Waals surface area contributed by atoms with Gasteiger partial charge in [0.25, 0.3) is 0 Å². The zero-order valence-corrected chi connectivity index (χ0v) is 16.9. The second kappa shape index (κ2) is 11.7. The molecule has 0 radical (unpaired) electrons. The van der Waals surface area contributed by atoms with Crippen LogP contribution in [-0.4, -0.2) is 35.9 Å². The zero-order valence-electron chi connectivity index (χ0n) is 14.6. The van der Waals surface area contributed by atoms with E-state index in [9.17, 15) is 0 Å². The van der Waals surface area contributed by atoms with Crippen molar-refractivity contribution in [1.29, 1.82) is 0 Å². The van der Waals surface area contributed by atoms with Crippen molar-refractivity contribution < 1.29 is 0 Å². The number of halogens is 1. The number of hydrogen-bond acceptors (Lipinski definition) is 2. The Morgan fingerprint density at radius 3 is 2.65 bits per heavy atom. The largest absolute Gasteiger partial charge is 0.356 e. The normalized spacial score (nSPS) is 16.0. The Balaban J connectivity index is 0.00000264. The van der Waals surface area contributed by atoms with Crippen molar-refractivity contribution in [1.82, 2.24) is 20.4 Å². The van der Waals surface area contributed by atoms with Gasteiger partial charge in [-0.15, -0.1) is 24.0 Å². The van der Waals surface area contributed by atoms with E-state index >= 15 is 0 Å². The molecule has 0 bridgehead atoms. The average molecular weight is 433 g/mol. The van der Waals surface area contributed by atoms with E-state index in [1.54, 1.807) is 0 Å². The summed E-state index contributed by atoms with van der Waals surface area (Å²) in [6.45, 7) is 1.90. The van der Waals surface area contributed by atoms with E-state index in [1.165, 1.54) is 50.5 Å². The van der Waals surface area contributed by atoms with E-state index in [1.807, 2.05) is 25.0 Å². The summed E-state index contributed by atoms with van der Waals surface area (Å²) in [7, 11) is 3.78. The van der Waals surface area contributed by atoms with Gasteiger partial charge in [-0.1, -0.05) is 32.1 Å². The van der Waals surface area contributed by atoms with Crippen LogP contribution in [0.3, 0.4) is 0 Å². The molecule has 0 atom stereocenters. The third-order valence-electron chi connectivity index (χ3n) is 4.49. The van der Waals surface area contributed by atoms with Crippen molar-refractivity contribution in [3.8, 4) is 0 Å². The van der Waals surface area contributed by atoms with E-state index < -0.39 is 0 Å². The lowest BCUT2D eigenvalue weighted by atomic mass is 9.86. The van der Waals surface area contributed by atoms with Gasteiger partial charge in [0.1, 0.15) is 0 Å². The van der Waals surface area contributed by atoms with E-state index in [4.69, 9.17) is 0 Å². The maximum Gasteiger partial charge on any atom is 0.190 e. The van der Waals surface area contributed by atoms with Gasteiger partial charge in [0.2, 0.25) is 0 Å². The monoisotopic (exact) mass is 433 g/mol. The molecule has 1 fully saturated rings. The van der Waals surface area contributed by atoms with E-state index in [0.717, 1.165) is 31.4 Å². The molecule has 0 spiro atoms. The van der Waals surface area contributed by atoms with Gasteiger partial charge in [-0.25, -0.2) is 0 Å². The van der Waals surface area contributed by atoms with Crippen molar-refractivity contribution in [2.75, 3.05) is 20.1 Å². The van der Waals surface area contributed by atoms with E-state index in [2.05, 4.69) is 26.9 Å². The Bertz CT molecular complexity index is 452. The fraction of sp³-hybridized carbons (Fsp3) is 0.765. The van der Waals surface area contributed by atoms with Crippen LogP contribution in [0, 0.1) is 5.92 Å². The summed E-state index contributed by atoms with van der Waals surface area (Å²) in [5.41, 5.74) is 1.25. The van der Waals surface area contributed by atoms with Crippen LogP contribution >= 0.6 is 24.0 Å². The van der Waals surface area contributed by atoms with Crippen LogP contribution < -0.4 is 10.6 Å². The molecule has 132 valence electrons. The summed E-state index contributed by atoms with van der Waals surface area (Å²) < 4.78 is 1.84. The number of rotatable bonds is 7. The van der Waals surface area contributed by atoms with Crippen molar-refractivity contribution in [3.05, 3.63) is 18.0 Å². The van der Waals surface area contributed by atoms with Gasteiger partial charge >= 0.3 is 0 Å². The average Bonchev–Trinajstić information content (AvgIpc) is 2.96. The second-order valence-corrected chi connectivity index (χ2v) is 6.34. The lowest BCUT2D eigenvalue weighted by Gasteiger charge is -2.21. The standard InChI is InChI=1S/C17H31N5.HI/c1-18-17(20-12-10-16-13-21-22(2)14-16)19-11-6-9-15-7-4-3-5-8-15;/h13-15H,3-12H2,1-2H3,(H2,18,19,20);1H. The molecule has 0 aromatic carbocycles. The Kier molecular flexibility index (Phi) is 10.3. The first-order valence-electron chi connectivity index (χ1n) is 8.70. The molecular weight excluding hydrogens is 401 g/mol.